The van der Waals surface area contributed by atoms with E-state index in [1.54, 1.807) is 4.80 Å². The lowest BCUT2D eigenvalue weighted by atomic mass is 9.94. The van der Waals surface area contributed by atoms with Gasteiger partial charge in [0.05, 0.1) is 25.0 Å². The molecule has 0 spiro atoms. The van der Waals surface area contributed by atoms with Crippen molar-refractivity contribution in [1.82, 2.24) is 19.9 Å². The van der Waals surface area contributed by atoms with Gasteiger partial charge in [0.1, 0.15) is 5.60 Å². The number of rotatable bonds is 4. The van der Waals surface area contributed by atoms with Gasteiger partial charge in [-0.15, -0.1) is 0 Å². The summed E-state index contributed by atoms with van der Waals surface area (Å²) in [6, 6.07) is 10.4. The molecule has 1 fully saturated rings. The van der Waals surface area contributed by atoms with Crippen LogP contribution in [0.15, 0.2) is 36.5 Å². The van der Waals surface area contributed by atoms with Gasteiger partial charge in [-0.2, -0.15) is 15.0 Å². The van der Waals surface area contributed by atoms with Gasteiger partial charge in [-0.25, -0.2) is 0 Å². The van der Waals surface area contributed by atoms with Crippen LogP contribution in [0, 0.1) is 0 Å². The fourth-order valence-corrected chi connectivity index (χ4v) is 2.84. The summed E-state index contributed by atoms with van der Waals surface area (Å²) in [6.45, 7) is 8.39. The van der Waals surface area contributed by atoms with Gasteiger partial charge >= 0.3 is 0 Å². The van der Waals surface area contributed by atoms with Gasteiger partial charge in [0.25, 0.3) is 0 Å². The first-order valence-corrected chi connectivity index (χ1v) is 7.50. The highest BCUT2D eigenvalue weighted by Crippen LogP contribution is 2.29. The maximum absolute atomic E-state index is 6.06. The summed E-state index contributed by atoms with van der Waals surface area (Å²) in [5.41, 5.74) is 2.00. The van der Waals surface area contributed by atoms with Crippen LogP contribution in [0.25, 0.3) is 0 Å². The fraction of sp³-hybridized carbons (Fsp3) is 0.500. The average molecular weight is 286 g/mol. The molecule has 112 valence electrons. The number of benzene rings is 1. The normalized spacial score (nSPS) is 23.3. The molecule has 1 saturated heterocycles. The van der Waals surface area contributed by atoms with Gasteiger partial charge in [0.2, 0.25) is 0 Å². The summed E-state index contributed by atoms with van der Waals surface area (Å²) < 4.78 is 6.06. The Balaban J connectivity index is 1.71. The zero-order valence-corrected chi connectivity index (χ0v) is 12.7. The van der Waals surface area contributed by atoms with E-state index in [2.05, 4.69) is 46.3 Å². The number of ether oxygens (including phenoxy) is 1. The van der Waals surface area contributed by atoms with Crippen LogP contribution in [-0.2, 0) is 23.4 Å². The van der Waals surface area contributed by atoms with E-state index in [0.717, 1.165) is 38.5 Å². The molecule has 0 bridgehead atoms. The average Bonchev–Trinajstić information content (AvgIpc) is 2.96. The van der Waals surface area contributed by atoms with Crippen molar-refractivity contribution < 1.29 is 4.74 Å². The topological polar surface area (TPSA) is 43.2 Å². The summed E-state index contributed by atoms with van der Waals surface area (Å²) in [7, 11) is 0. The molecule has 2 aromatic rings. The zero-order chi connectivity index (χ0) is 14.7. The Bertz CT molecular complexity index is 583. The quantitative estimate of drug-likeness (QED) is 0.863. The van der Waals surface area contributed by atoms with E-state index in [0.29, 0.717) is 0 Å². The highest BCUT2D eigenvalue weighted by atomic mass is 16.5. The van der Waals surface area contributed by atoms with E-state index in [4.69, 9.17) is 4.74 Å². The van der Waals surface area contributed by atoms with E-state index >= 15 is 0 Å². The molecule has 2 heterocycles. The largest absolute Gasteiger partial charge is 0.368 e. The minimum atomic E-state index is -0.250. The Labute approximate surface area is 125 Å². The predicted octanol–water partition coefficient (Wildman–Crippen LogP) is 2.05. The number of morpholine rings is 1. The molecule has 3 rings (SSSR count). The Morgan fingerprint density at radius 3 is 2.81 bits per heavy atom. The van der Waals surface area contributed by atoms with Crippen molar-refractivity contribution in [2.24, 2.45) is 0 Å². The first-order valence-electron chi connectivity index (χ1n) is 7.50. The van der Waals surface area contributed by atoms with Crippen molar-refractivity contribution >= 4 is 0 Å². The van der Waals surface area contributed by atoms with Crippen molar-refractivity contribution in [3.8, 4) is 0 Å². The molecule has 1 aliphatic heterocycles. The number of aromatic nitrogens is 3. The Morgan fingerprint density at radius 1 is 1.29 bits per heavy atom. The molecular formula is C16H22N4O. The maximum Gasteiger partial charge on any atom is 0.103 e. The lowest BCUT2D eigenvalue weighted by molar-refractivity contribution is -0.105. The van der Waals surface area contributed by atoms with Crippen LogP contribution in [0.4, 0.5) is 0 Å². The second kappa shape index (κ2) is 5.95. The Kier molecular flexibility index (Phi) is 4.03. The Morgan fingerprint density at radius 2 is 2.10 bits per heavy atom. The third-order valence-electron chi connectivity index (χ3n) is 3.99. The van der Waals surface area contributed by atoms with Crippen LogP contribution >= 0.6 is 0 Å². The molecule has 1 aromatic heterocycles. The second-order valence-corrected chi connectivity index (χ2v) is 5.68. The molecule has 1 aliphatic rings. The van der Waals surface area contributed by atoms with Crippen LogP contribution in [0.3, 0.4) is 0 Å². The molecular weight excluding hydrogens is 264 g/mol. The molecule has 1 aromatic carbocycles. The fourth-order valence-electron chi connectivity index (χ4n) is 2.84. The van der Waals surface area contributed by atoms with Crippen molar-refractivity contribution in [2.45, 2.75) is 32.5 Å². The van der Waals surface area contributed by atoms with Crippen molar-refractivity contribution in [3.63, 3.8) is 0 Å². The van der Waals surface area contributed by atoms with Crippen molar-refractivity contribution in [1.29, 1.82) is 0 Å². The zero-order valence-electron chi connectivity index (χ0n) is 12.7. The molecule has 1 atom stereocenters. The molecule has 0 saturated carbocycles. The van der Waals surface area contributed by atoms with Gasteiger partial charge in [-0.3, -0.25) is 4.90 Å². The smallest absolute Gasteiger partial charge is 0.103 e. The number of hydrogen-bond donors (Lipinski definition) is 0. The second-order valence-electron chi connectivity index (χ2n) is 5.68. The molecule has 5 heteroatoms. The van der Waals surface area contributed by atoms with E-state index in [-0.39, 0.29) is 5.60 Å². The van der Waals surface area contributed by atoms with Crippen molar-refractivity contribution in [2.75, 3.05) is 19.7 Å². The molecule has 5 nitrogen and oxygen atoms in total. The number of hydrogen-bond acceptors (Lipinski definition) is 4. The van der Waals surface area contributed by atoms with E-state index in [1.807, 2.05) is 19.2 Å². The van der Waals surface area contributed by atoms with Crippen LogP contribution < -0.4 is 0 Å². The predicted molar refractivity (Wildman–Crippen MR) is 80.7 cm³/mol. The van der Waals surface area contributed by atoms with E-state index < -0.39 is 0 Å². The monoisotopic (exact) mass is 286 g/mol. The summed E-state index contributed by atoms with van der Waals surface area (Å²) in [6.07, 6.45) is 1.86. The first-order chi connectivity index (χ1) is 10.2. The van der Waals surface area contributed by atoms with Crippen LogP contribution in [0.2, 0.25) is 0 Å². The van der Waals surface area contributed by atoms with E-state index in [1.165, 1.54) is 5.56 Å². The molecule has 0 aliphatic carbocycles. The molecule has 21 heavy (non-hydrogen) atoms. The van der Waals surface area contributed by atoms with Crippen molar-refractivity contribution in [3.05, 3.63) is 47.8 Å². The maximum atomic E-state index is 6.06. The Hall–Kier alpha value is -1.72. The number of nitrogens with zero attached hydrogens (tertiary/aromatic N) is 4. The third kappa shape index (κ3) is 3.14. The van der Waals surface area contributed by atoms with Gasteiger partial charge in [-0.1, -0.05) is 30.3 Å². The SMILES string of the molecule is CCn1ncc(CN2CCOC(C)(c3ccccc3)C2)n1. The third-order valence-corrected chi connectivity index (χ3v) is 3.99. The highest BCUT2D eigenvalue weighted by molar-refractivity contribution is 5.22. The first kappa shape index (κ1) is 14.2. The van der Waals surface area contributed by atoms with Crippen LogP contribution in [0.5, 0.6) is 0 Å². The minimum Gasteiger partial charge on any atom is -0.368 e. The van der Waals surface area contributed by atoms with Gasteiger partial charge in [-0.05, 0) is 19.4 Å². The summed E-state index contributed by atoms with van der Waals surface area (Å²) in [5.74, 6) is 0. The van der Waals surface area contributed by atoms with E-state index in [9.17, 15) is 0 Å². The van der Waals surface area contributed by atoms with Gasteiger partial charge in [0, 0.05) is 19.6 Å². The summed E-state index contributed by atoms with van der Waals surface area (Å²) in [5, 5.41) is 8.71. The summed E-state index contributed by atoms with van der Waals surface area (Å²) >= 11 is 0. The van der Waals surface area contributed by atoms with Gasteiger partial charge in [0.15, 0.2) is 0 Å². The molecule has 0 N–H and O–H groups in total. The van der Waals surface area contributed by atoms with Crippen LogP contribution in [-0.4, -0.2) is 39.6 Å². The standard InChI is InChI=1S/C16H22N4O/c1-3-20-17-11-15(18-20)12-19-9-10-21-16(2,13-19)14-7-5-4-6-8-14/h4-8,11H,3,9-10,12-13H2,1-2H3. The lowest BCUT2D eigenvalue weighted by Gasteiger charge is -2.40. The molecule has 0 radical (unpaired) electrons. The van der Waals surface area contributed by atoms with Gasteiger partial charge < -0.3 is 4.74 Å². The van der Waals surface area contributed by atoms with Crippen LogP contribution in [0.1, 0.15) is 25.1 Å². The minimum absolute atomic E-state index is 0.250. The molecule has 1 unspecified atom stereocenters. The highest BCUT2D eigenvalue weighted by Gasteiger charge is 2.33. The summed E-state index contributed by atoms with van der Waals surface area (Å²) in [4.78, 5) is 4.12. The molecule has 0 amide bonds. The lowest BCUT2D eigenvalue weighted by Crippen LogP contribution is -2.47. The number of aryl methyl sites for hydroxylation is 1.